The maximum absolute atomic E-state index is 12.4. The summed E-state index contributed by atoms with van der Waals surface area (Å²) in [6.45, 7) is 0. The van der Waals surface area contributed by atoms with Gasteiger partial charge >= 0.3 is 11.9 Å². The number of ether oxygens (including phenoxy) is 1. The zero-order valence-electron chi connectivity index (χ0n) is 12.4. The molecule has 0 atom stereocenters. The number of nitrogens with one attached hydrogen (secondary N) is 2. The van der Waals surface area contributed by atoms with E-state index >= 15 is 0 Å². The summed E-state index contributed by atoms with van der Waals surface area (Å²) in [6, 6.07) is 8.43. The minimum Gasteiger partial charge on any atom is -0.386 e. The summed E-state index contributed by atoms with van der Waals surface area (Å²) in [5.41, 5.74) is 0.594. The molecule has 122 valence electrons. The molecule has 2 aliphatic rings. The van der Waals surface area contributed by atoms with Crippen LogP contribution in [0.25, 0.3) is 0 Å². The Labute approximate surface area is 139 Å². The van der Waals surface area contributed by atoms with E-state index in [1.165, 1.54) is 36.4 Å². The van der Waals surface area contributed by atoms with E-state index in [0.717, 1.165) is 0 Å². The number of benzene rings is 2. The lowest BCUT2D eigenvalue weighted by Gasteiger charge is -2.08. The predicted molar refractivity (Wildman–Crippen MR) is 82.4 cm³/mol. The number of hydrogen-bond donors (Lipinski definition) is 2. The Kier molecular flexibility index (Phi) is 3.01. The van der Waals surface area contributed by atoms with Crippen LogP contribution in [0.4, 0.5) is 5.69 Å². The van der Waals surface area contributed by atoms with Crippen molar-refractivity contribution in [1.29, 1.82) is 0 Å². The third-order valence-electron chi connectivity index (χ3n) is 3.92. The Hall–Kier alpha value is -3.81. The van der Waals surface area contributed by atoms with Crippen molar-refractivity contribution >= 4 is 35.3 Å². The minimum absolute atomic E-state index is 0.0186. The third kappa shape index (κ3) is 2.19. The highest BCUT2D eigenvalue weighted by atomic mass is 16.6. The molecule has 8 nitrogen and oxygen atoms in total. The highest BCUT2D eigenvalue weighted by Gasteiger charge is 2.33. The molecule has 8 heteroatoms. The highest BCUT2D eigenvalue weighted by Crippen LogP contribution is 2.28. The molecule has 0 aromatic heterocycles. The fourth-order valence-corrected chi connectivity index (χ4v) is 2.74. The first-order valence-electron chi connectivity index (χ1n) is 7.16. The molecule has 2 aliphatic heterocycles. The second-order valence-electron chi connectivity index (χ2n) is 5.40. The van der Waals surface area contributed by atoms with Crippen molar-refractivity contribution in [3.05, 3.63) is 64.2 Å². The van der Waals surface area contributed by atoms with E-state index < -0.39 is 29.7 Å². The van der Waals surface area contributed by atoms with Gasteiger partial charge in [0.25, 0.3) is 17.7 Å². The van der Waals surface area contributed by atoms with Crippen molar-refractivity contribution in [2.75, 3.05) is 5.32 Å². The van der Waals surface area contributed by atoms with Crippen molar-refractivity contribution < 1.29 is 28.7 Å². The van der Waals surface area contributed by atoms with E-state index in [0.29, 0.717) is 0 Å². The Morgan fingerprint density at radius 2 is 1.64 bits per heavy atom. The number of fused-ring (bicyclic) bond motifs is 2. The maximum atomic E-state index is 12.4. The molecule has 0 radical (unpaired) electrons. The molecule has 0 bridgehead atoms. The fourth-order valence-electron chi connectivity index (χ4n) is 2.74. The van der Waals surface area contributed by atoms with Crippen molar-refractivity contribution in [1.82, 2.24) is 5.32 Å². The van der Waals surface area contributed by atoms with E-state index in [2.05, 4.69) is 15.4 Å². The second kappa shape index (κ2) is 5.10. The molecule has 4 rings (SSSR count). The van der Waals surface area contributed by atoms with Gasteiger partial charge in [-0.15, -0.1) is 0 Å². The molecule has 0 unspecified atom stereocenters. The lowest BCUT2D eigenvalue weighted by molar-refractivity contribution is 0.0443. The standard InChI is InChI=1S/C17H8N2O6/c20-13(7-4-5-8-10(6-7)15(22)19-14(8)21)18-11-3-1-2-9-12(11)17(24)25-16(9)23/h1-6H,(H,18,20)(H,19,21,22). The van der Waals surface area contributed by atoms with Crippen molar-refractivity contribution in [2.24, 2.45) is 0 Å². The number of hydrogen-bond acceptors (Lipinski definition) is 6. The van der Waals surface area contributed by atoms with Gasteiger partial charge in [0.1, 0.15) is 0 Å². The van der Waals surface area contributed by atoms with Crippen LogP contribution in [0.1, 0.15) is 51.8 Å². The van der Waals surface area contributed by atoms with Crippen LogP contribution < -0.4 is 10.6 Å². The number of cyclic esters (lactones) is 2. The number of rotatable bonds is 2. The molecule has 0 saturated carbocycles. The summed E-state index contributed by atoms with van der Waals surface area (Å²) < 4.78 is 4.53. The summed E-state index contributed by atoms with van der Waals surface area (Å²) in [5, 5.41) is 4.65. The zero-order valence-corrected chi connectivity index (χ0v) is 12.4. The maximum Gasteiger partial charge on any atom is 0.349 e. The van der Waals surface area contributed by atoms with Crippen molar-refractivity contribution in [3.63, 3.8) is 0 Å². The number of amides is 3. The number of carbonyl (C=O) groups is 5. The minimum atomic E-state index is -0.838. The molecule has 3 amide bonds. The average molecular weight is 336 g/mol. The van der Waals surface area contributed by atoms with Crippen LogP contribution in [0.2, 0.25) is 0 Å². The molecule has 0 fully saturated rings. The first kappa shape index (κ1) is 14.8. The van der Waals surface area contributed by atoms with Gasteiger partial charge < -0.3 is 10.1 Å². The van der Waals surface area contributed by atoms with Crippen LogP contribution >= 0.6 is 0 Å². The zero-order chi connectivity index (χ0) is 17.7. The van der Waals surface area contributed by atoms with Gasteiger partial charge in [-0.2, -0.15) is 0 Å². The number of anilines is 1. The van der Waals surface area contributed by atoms with E-state index in [4.69, 9.17) is 0 Å². The molecule has 2 N–H and O–H groups in total. The summed E-state index contributed by atoms with van der Waals surface area (Å²) in [4.78, 5) is 58.9. The van der Waals surface area contributed by atoms with Gasteiger partial charge in [0.05, 0.1) is 27.9 Å². The van der Waals surface area contributed by atoms with Crippen LogP contribution in [0, 0.1) is 0 Å². The lowest BCUT2D eigenvalue weighted by atomic mass is 10.0. The van der Waals surface area contributed by atoms with E-state index in [1.807, 2.05) is 0 Å². The number of carbonyl (C=O) groups excluding carboxylic acids is 5. The van der Waals surface area contributed by atoms with Gasteiger partial charge in [0.2, 0.25) is 0 Å². The second-order valence-corrected chi connectivity index (χ2v) is 5.40. The Balaban J connectivity index is 1.68. The monoisotopic (exact) mass is 336 g/mol. The molecule has 2 heterocycles. The van der Waals surface area contributed by atoms with Gasteiger partial charge in [-0.3, -0.25) is 19.7 Å². The Morgan fingerprint density at radius 1 is 0.880 bits per heavy atom. The van der Waals surface area contributed by atoms with Crippen LogP contribution in [0.3, 0.4) is 0 Å². The fraction of sp³-hybridized carbons (Fsp3) is 0. The summed E-state index contributed by atoms with van der Waals surface area (Å²) in [7, 11) is 0. The first-order valence-corrected chi connectivity index (χ1v) is 7.16. The smallest absolute Gasteiger partial charge is 0.349 e. The topological polar surface area (TPSA) is 119 Å². The van der Waals surface area contributed by atoms with Gasteiger partial charge in [-0.1, -0.05) is 6.07 Å². The molecule has 25 heavy (non-hydrogen) atoms. The van der Waals surface area contributed by atoms with E-state index in [9.17, 15) is 24.0 Å². The van der Waals surface area contributed by atoms with Crippen LogP contribution in [-0.2, 0) is 4.74 Å². The summed E-state index contributed by atoms with van der Waals surface area (Å²) in [5.74, 6) is -3.31. The molecular weight excluding hydrogens is 328 g/mol. The van der Waals surface area contributed by atoms with Crippen molar-refractivity contribution in [3.8, 4) is 0 Å². The van der Waals surface area contributed by atoms with Gasteiger partial charge in [0.15, 0.2) is 0 Å². The number of imide groups is 1. The largest absolute Gasteiger partial charge is 0.386 e. The van der Waals surface area contributed by atoms with E-state index in [1.54, 1.807) is 0 Å². The van der Waals surface area contributed by atoms with Crippen molar-refractivity contribution in [2.45, 2.75) is 0 Å². The highest BCUT2D eigenvalue weighted by molar-refractivity contribution is 6.23. The molecule has 0 saturated heterocycles. The van der Waals surface area contributed by atoms with Crippen LogP contribution in [-0.4, -0.2) is 29.7 Å². The molecule has 0 spiro atoms. The molecule has 2 aromatic carbocycles. The predicted octanol–water partition coefficient (Wildman–Crippen LogP) is 1.13. The third-order valence-corrected chi connectivity index (χ3v) is 3.92. The first-order chi connectivity index (χ1) is 12.0. The van der Waals surface area contributed by atoms with E-state index in [-0.39, 0.29) is 33.5 Å². The number of esters is 2. The summed E-state index contributed by atoms with van der Waals surface area (Å²) in [6.07, 6.45) is 0. The van der Waals surface area contributed by atoms with Crippen LogP contribution in [0.15, 0.2) is 36.4 Å². The van der Waals surface area contributed by atoms with Gasteiger partial charge in [0, 0.05) is 5.56 Å². The quantitative estimate of drug-likeness (QED) is 0.482. The molecule has 2 aromatic rings. The molecular formula is C17H8N2O6. The van der Waals surface area contributed by atoms with Gasteiger partial charge in [-0.05, 0) is 30.3 Å². The van der Waals surface area contributed by atoms with Crippen LogP contribution in [0.5, 0.6) is 0 Å². The summed E-state index contributed by atoms with van der Waals surface area (Å²) >= 11 is 0. The lowest BCUT2D eigenvalue weighted by Crippen LogP contribution is -2.20. The van der Waals surface area contributed by atoms with Gasteiger partial charge in [-0.25, -0.2) is 9.59 Å². The average Bonchev–Trinajstić information content (AvgIpc) is 3.04. The Bertz CT molecular complexity index is 1020. The SMILES string of the molecule is O=C(Nc1cccc2c1C(=O)OC2=O)c1ccc2c(c1)C(=O)NC2=O. The molecule has 0 aliphatic carbocycles. The normalized spacial score (nSPS) is 14.7. The Morgan fingerprint density at radius 3 is 2.44 bits per heavy atom.